The SMILES string of the molecule is NCc1ccc(CN2CC(=O)NS2(=O)=O)s1. The van der Waals surface area contributed by atoms with Crippen molar-refractivity contribution >= 4 is 27.5 Å². The van der Waals surface area contributed by atoms with Crippen LogP contribution >= 0.6 is 11.3 Å². The van der Waals surface area contributed by atoms with E-state index >= 15 is 0 Å². The normalized spacial score (nSPS) is 19.9. The van der Waals surface area contributed by atoms with Crippen LogP contribution in [0.5, 0.6) is 0 Å². The Hall–Kier alpha value is -0.960. The molecule has 1 aromatic rings. The van der Waals surface area contributed by atoms with Gasteiger partial charge in [-0.25, -0.2) is 4.72 Å². The molecular weight excluding hydrogens is 250 g/mol. The number of nitrogens with zero attached hydrogens (tertiary/aromatic N) is 1. The molecule has 8 heteroatoms. The van der Waals surface area contributed by atoms with E-state index < -0.39 is 16.1 Å². The van der Waals surface area contributed by atoms with Crippen molar-refractivity contribution in [2.75, 3.05) is 6.54 Å². The highest BCUT2D eigenvalue weighted by molar-refractivity contribution is 7.88. The Kier molecular flexibility index (Phi) is 2.98. The van der Waals surface area contributed by atoms with Crippen molar-refractivity contribution in [2.24, 2.45) is 5.73 Å². The molecule has 0 saturated carbocycles. The lowest BCUT2D eigenvalue weighted by atomic mass is 10.4. The van der Waals surface area contributed by atoms with Gasteiger partial charge in [0.15, 0.2) is 0 Å². The van der Waals surface area contributed by atoms with Crippen LogP contribution in [0, 0.1) is 0 Å². The first kappa shape index (κ1) is 11.5. The number of rotatable bonds is 3. The first-order chi connectivity index (χ1) is 7.51. The molecule has 1 amide bonds. The summed E-state index contributed by atoms with van der Waals surface area (Å²) >= 11 is 1.45. The van der Waals surface area contributed by atoms with Gasteiger partial charge in [-0.05, 0) is 12.1 Å². The Bertz CT molecular complexity index is 508. The standard InChI is InChI=1S/C8H11N3O3S2/c9-3-6-1-2-7(15-6)4-11-5-8(12)10-16(11,13)14/h1-2H,3-5,9H2,(H,10,12). The van der Waals surface area contributed by atoms with Gasteiger partial charge in [-0.3, -0.25) is 4.79 Å². The first-order valence-corrected chi connectivity index (χ1v) is 6.85. The number of thiophene rings is 1. The van der Waals surface area contributed by atoms with E-state index in [0.717, 1.165) is 14.1 Å². The van der Waals surface area contributed by atoms with Crippen molar-refractivity contribution in [1.82, 2.24) is 9.03 Å². The van der Waals surface area contributed by atoms with Gasteiger partial charge < -0.3 is 5.73 Å². The van der Waals surface area contributed by atoms with Crippen LogP contribution in [0.2, 0.25) is 0 Å². The molecule has 1 saturated heterocycles. The van der Waals surface area contributed by atoms with Crippen LogP contribution < -0.4 is 10.5 Å². The third kappa shape index (κ3) is 2.24. The summed E-state index contributed by atoms with van der Waals surface area (Å²) in [5.41, 5.74) is 5.46. The second kappa shape index (κ2) is 4.13. The Labute approximate surface area is 97.2 Å². The maximum Gasteiger partial charge on any atom is 0.304 e. The monoisotopic (exact) mass is 261 g/mol. The van der Waals surface area contributed by atoms with E-state index in [0.29, 0.717) is 6.54 Å². The summed E-state index contributed by atoms with van der Waals surface area (Å²) in [6.07, 6.45) is 0. The van der Waals surface area contributed by atoms with E-state index in [1.165, 1.54) is 11.3 Å². The minimum Gasteiger partial charge on any atom is -0.326 e. The molecule has 0 spiro atoms. The largest absolute Gasteiger partial charge is 0.326 e. The van der Waals surface area contributed by atoms with E-state index in [1.54, 1.807) is 0 Å². The number of carbonyl (C=O) groups excluding carboxylic acids is 1. The quantitative estimate of drug-likeness (QED) is 0.758. The molecular formula is C8H11N3O3S2. The number of amides is 1. The zero-order valence-electron chi connectivity index (χ0n) is 8.34. The number of hydrogen-bond acceptors (Lipinski definition) is 5. The van der Waals surface area contributed by atoms with Crippen molar-refractivity contribution < 1.29 is 13.2 Å². The molecule has 2 rings (SSSR count). The van der Waals surface area contributed by atoms with Crippen LogP contribution in [-0.2, 0) is 28.1 Å². The molecule has 88 valence electrons. The summed E-state index contributed by atoms with van der Waals surface area (Å²) in [6, 6.07) is 3.68. The molecule has 0 unspecified atom stereocenters. The van der Waals surface area contributed by atoms with Gasteiger partial charge in [0.05, 0.1) is 13.1 Å². The van der Waals surface area contributed by atoms with E-state index in [4.69, 9.17) is 5.73 Å². The topological polar surface area (TPSA) is 92.5 Å². The van der Waals surface area contributed by atoms with Crippen molar-refractivity contribution in [1.29, 1.82) is 0 Å². The van der Waals surface area contributed by atoms with Gasteiger partial charge in [0.25, 0.3) is 0 Å². The maximum absolute atomic E-state index is 11.4. The van der Waals surface area contributed by atoms with Crippen molar-refractivity contribution in [2.45, 2.75) is 13.1 Å². The first-order valence-electron chi connectivity index (χ1n) is 4.59. The lowest BCUT2D eigenvalue weighted by Gasteiger charge is -2.09. The third-order valence-corrected chi connectivity index (χ3v) is 4.67. The predicted molar refractivity (Wildman–Crippen MR) is 59.7 cm³/mol. The van der Waals surface area contributed by atoms with E-state index in [9.17, 15) is 13.2 Å². The highest BCUT2D eigenvalue weighted by atomic mass is 32.2. The number of hydrogen-bond donors (Lipinski definition) is 2. The van der Waals surface area contributed by atoms with Crippen LogP contribution in [0.4, 0.5) is 0 Å². The highest BCUT2D eigenvalue weighted by Gasteiger charge is 2.33. The van der Waals surface area contributed by atoms with Crippen LogP contribution in [0.15, 0.2) is 12.1 Å². The molecule has 0 atom stereocenters. The Balaban J connectivity index is 2.13. The number of nitrogens with one attached hydrogen (secondary N) is 1. The Morgan fingerprint density at radius 3 is 2.62 bits per heavy atom. The van der Waals surface area contributed by atoms with Crippen molar-refractivity contribution in [3.8, 4) is 0 Å². The van der Waals surface area contributed by atoms with Gasteiger partial charge in [-0.2, -0.15) is 12.7 Å². The average Bonchev–Trinajstić information content (AvgIpc) is 2.72. The molecule has 1 aliphatic rings. The summed E-state index contributed by atoms with van der Waals surface area (Å²) < 4.78 is 25.9. The molecule has 0 radical (unpaired) electrons. The molecule has 1 aliphatic heterocycles. The predicted octanol–water partition coefficient (Wildman–Crippen LogP) is -0.617. The molecule has 6 nitrogen and oxygen atoms in total. The Morgan fingerprint density at radius 1 is 1.44 bits per heavy atom. The molecule has 1 aromatic heterocycles. The van der Waals surface area contributed by atoms with Crippen LogP contribution in [0.1, 0.15) is 9.75 Å². The summed E-state index contributed by atoms with van der Waals surface area (Å²) in [7, 11) is -3.62. The smallest absolute Gasteiger partial charge is 0.304 e. The second-order valence-electron chi connectivity index (χ2n) is 3.37. The number of nitrogens with two attached hydrogens (primary N) is 1. The molecule has 3 N–H and O–H groups in total. The highest BCUT2D eigenvalue weighted by Crippen LogP contribution is 2.20. The number of carbonyl (C=O) groups is 1. The molecule has 0 aromatic carbocycles. The lowest BCUT2D eigenvalue weighted by Crippen LogP contribution is -2.28. The zero-order chi connectivity index (χ0) is 11.8. The molecule has 2 heterocycles. The minimum atomic E-state index is -3.62. The Morgan fingerprint density at radius 2 is 2.12 bits per heavy atom. The lowest BCUT2D eigenvalue weighted by molar-refractivity contribution is -0.118. The van der Waals surface area contributed by atoms with E-state index in [-0.39, 0.29) is 13.1 Å². The van der Waals surface area contributed by atoms with Gasteiger partial charge in [0.1, 0.15) is 0 Å². The summed E-state index contributed by atoms with van der Waals surface area (Å²) in [6.45, 7) is 0.540. The molecule has 0 bridgehead atoms. The van der Waals surface area contributed by atoms with Gasteiger partial charge >= 0.3 is 10.2 Å². The van der Waals surface area contributed by atoms with Gasteiger partial charge in [0, 0.05) is 16.3 Å². The van der Waals surface area contributed by atoms with Gasteiger partial charge in [-0.1, -0.05) is 0 Å². The molecule has 1 fully saturated rings. The fraction of sp³-hybridized carbons (Fsp3) is 0.375. The van der Waals surface area contributed by atoms with Crippen molar-refractivity contribution in [3.63, 3.8) is 0 Å². The van der Waals surface area contributed by atoms with Crippen LogP contribution in [0.3, 0.4) is 0 Å². The third-order valence-electron chi connectivity index (χ3n) is 2.15. The van der Waals surface area contributed by atoms with E-state index in [2.05, 4.69) is 0 Å². The second-order valence-corrected chi connectivity index (χ2v) is 6.29. The minimum absolute atomic E-state index is 0.113. The zero-order valence-corrected chi connectivity index (χ0v) is 9.97. The van der Waals surface area contributed by atoms with Crippen LogP contribution in [-0.4, -0.2) is 25.2 Å². The van der Waals surface area contributed by atoms with Crippen molar-refractivity contribution in [3.05, 3.63) is 21.9 Å². The fourth-order valence-electron chi connectivity index (χ4n) is 1.42. The van der Waals surface area contributed by atoms with Gasteiger partial charge in [-0.15, -0.1) is 11.3 Å². The van der Waals surface area contributed by atoms with Gasteiger partial charge in [0.2, 0.25) is 5.91 Å². The van der Waals surface area contributed by atoms with Crippen LogP contribution in [0.25, 0.3) is 0 Å². The summed E-state index contributed by atoms with van der Waals surface area (Å²) in [5, 5.41) is 0. The maximum atomic E-state index is 11.4. The summed E-state index contributed by atoms with van der Waals surface area (Å²) in [4.78, 5) is 12.8. The fourth-order valence-corrected chi connectivity index (χ4v) is 3.49. The molecule has 0 aliphatic carbocycles. The average molecular weight is 261 g/mol. The summed E-state index contributed by atoms with van der Waals surface area (Å²) in [5.74, 6) is -0.490. The molecule has 16 heavy (non-hydrogen) atoms. The van der Waals surface area contributed by atoms with E-state index in [1.807, 2.05) is 16.9 Å².